The Balaban J connectivity index is 1.67. The Labute approximate surface area is 193 Å². The summed E-state index contributed by atoms with van der Waals surface area (Å²) in [6, 6.07) is 21.5. The van der Waals surface area contributed by atoms with Crippen molar-refractivity contribution < 1.29 is 22.7 Å². The summed E-state index contributed by atoms with van der Waals surface area (Å²) < 4.78 is 33.9. The molecule has 3 aromatic carbocycles. The van der Waals surface area contributed by atoms with E-state index < -0.39 is 22.0 Å². The fourth-order valence-corrected chi connectivity index (χ4v) is 4.46. The average Bonchev–Trinajstić information content (AvgIpc) is 2.79. The number of sulfonamides is 1. The molecule has 33 heavy (non-hydrogen) atoms. The van der Waals surface area contributed by atoms with Gasteiger partial charge in [0.05, 0.1) is 23.1 Å². The first-order valence-corrected chi connectivity index (χ1v) is 11.9. The molecule has 3 aromatic rings. The van der Waals surface area contributed by atoms with Crippen LogP contribution in [0.4, 0.5) is 5.69 Å². The Morgan fingerprint density at radius 2 is 1.55 bits per heavy atom. The van der Waals surface area contributed by atoms with Gasteiger partial charge in [0, 0.05) is 19.0 Å². The van der Waals surface area contributed by atoms with Gasteiger partial charge in [0.1, 0.15) is 0 Å². The van der Waals surface area contributed by atoms with Crippen molar-refractivity contribution in [1.82, 2.24) is 4.72 Å². The minimum Gasteiger partial charge on any atom is -0.462 e. The van der Waals surface area contributed by atoms with Crippen LogP contribution in [-0.4, -0.2) is 26.9 Å². The van der Waals surface area contributed by atoms with E-state index in [0.29, 0.717) is 11.3 Å². The minimum atomic E-state index is -3.77. The maximum atomic E-state index is 12.9. The monoisotopic (exact) mass is 466 g/mol. The molecule has 0 aliphatic heterocycles. The van der Waals surface area contributed by atoms with Gasteiger partial charge in [-0.3, -0.25) is 4.79 Å². The second kappa shape index (κ2) is 10.9. The molecular weight excluding hydrogens is 440 g/mol. The van der Waals surface area contributed by atoms with Gasteiger partial charge in [-0.2, -0.15) is 0 Å². The summed E-state index contributed by atoms with van der Waals surface area (Å²) in [6.07, 6.45) is 0.255. The predicted molar refractivity (Wildman–Crippen MR) is 126 cm³/mol. The van der Waals surface area contributed by atoms with E-state index in [1.807, 2.05) is 37.3 Å². The number of anilines is 1. The number of hydrogen-bond donors (Lipinski definition) is 2. The van der Waals surface area contributed by atoms with Gasteiger partial charge >= 0.3 is 5.97 Å². The number of hydrogen-bond acceptors (Lipinski definition) is 5. The van der Waals surface area contributed by atoms with E-state index in [2.05, 4.69) is 10.0 Å². The highest BCUT2D eigenvalue weighted by molar-refractivity contribution is 7.89. The molecule has 0 spiro atoms. The van der Waals surface area contributed by atoms with Gasteiger partial charge in [-0.15, -0.1) is 0 Å². The quantitative estimate of drug-likeness (QED) is 0.460. The molecule has 0 aliphatic carbocycles. The van der Waals surface area contributed by atoms with E-state index in [-0.39, 0.29) is 23.8 Å². The van der Waals surface area contributed by atoms with Crippen LogP contribution in [0.25, 0.3) is 0 Å². The third-order valence-electron chi connectivity index (χ3n) is 4.91. The topological polar surface area (TPSA) is 102 Å². The molecule has 1 atom stereocenters. The van der Waals surface area contributed by atoms with Crippen molar-refractivity contribution in [2.75, 3.05) is 11.9 Å². The predicted octanol–water partition coefficient (Wildman–Crippen LogP) is 4.22. The smallest absolute Gasteiger partial charge is 0.338 e. The van der Waals surface area contributed by atoms with Crippen molar-refractivity contribution in [2.45, 2.75) is 31.2 Å². The van der Waals surface area contributed by atoms with Crippen molar-refractivity contribution >= 4 is 27.6 Å². The lowest BCUT2D eigenvalue weighted by molar-refractivity contribution is -0.114. The molecule has 0 saturated carbocycles. The Kier molecular flexibility index (Phi) is 7.97. The molecule has 0 fully saturated rings. The van der Waals surface area contributed by atoms with E-state index in [0.717, 1.165) is 11.1 Å². The molecular formula is C25H26N2O5S. The first kappa shape index (κ1) is 24.2. The molecule has 0 heterocycles. The highest BCUT2D eigenvalue weighted by atomic mass is 32.2. The molecule has 7 nitrogen and oxygen atoms in total. The minimum absolute atomic E-state index is 0.0161. The highest BCUT2D eigenvalue weighted by Gasteiger charge is 2.22. The molecule has 0 radical (unpaired) electrons. The Bertz CT molecular complexity index is 1190. The lowest BCUT2D eigenvalue weighted by Crippen LogP contribution is -2.29. The molecule has 3 rings (SSSR count). The highest BCUT2D eigenvalue weighted by Crippen LogP contribution is 2.21. The van der Waals surface area contributed by atoms with Crippen LogP contribution >= 0.6 is 0 Å². The fraction of sp³-hybridized carbons (Fsp3) is 0.200. The summed E-state index contributed by atoms with van der Waals surface area (Å²) in [5.41, 5.74) is 2.64. The number of ether oxygens (including phenoxy) is 1. The lowest BCUT2D eigenvalue weighted by atomic mass is 10.1. The third-order valence-corrected chi connectivity index (χ3v) is 6.40. The van der Waals surface area contributed by atoms with Crippen LogP contribution in [0.3, 0.4) is 0 Å². The van der Waals surface area contributed by atoms with Crippen LogP contribution in [-0.2, 0) is 19.6 Å². The summed E-state index contributed by atoms with van der Waals surface area (Å²) in [6.45, 7) is 3.30. The molecule has 0 unspecified atom stereocenters. The summed E-state index contributed by atoms with van der Waals surface area (Å²) in [7, 11) is -3.77. The van der Waals surface area contributed by atoms with E-state index in [9.17, 15) is 18.0 Å². The summed E-state index contributed by atoms with van der Waals surface area (Å²) >= 11 is 0. The zero-order chi connectivity index (χ0) is 23.8. The molecule has 2 N–H and O–H groups in total. The molecule has 0 aromatic heterocycles. The standard InChI is InChI=1S/C25H26N2O5S/c1-18-8-14-23(15-9-18)33(30,31)27-24(20-6-4-3-5-7-20)16-17-32-25(29)21-10-12-22(13-11-21)26-19(2)28/h3-15,24,27H,16-17H2,1-2H3,(H,26,28)/t24-/m1/s1. The number of nitrogens with one attached hydrogen (secondary N) is 2. The maximum Gasteiger partial charge on any atom is 0.338 e. The summed E-state index contributed by atoms with van der Waals surface area (Å²) in [5, 5.41) is 2.63. The van der Waals surface area contributed by atoms with Gasteiger partial charge in [0.25, 0.3) is 0 Å². The van der Waals surface area contributed by atoms with Gasteiger partial charge in [0.2, 0.25) is 15.9 Å². The Morgan fingerprint density at radius 1 is 0.909 bits per heavy atom. The fourth-order valence-electron chi connectivity index (χ4n) is 3.20. The second-order valence-electron chi connectivity index (χ2n) is 7.58. The number of esters is 1. The van der Waals surface area contributed by atoms with E-state index in [1.54, 1.807) is 48.5 Å². The third kappa shape index (κ3) is 7.00. The number of carbonyl (C=O) groups excluding carboxylic acids is 2. The van der Waals surface area contributed by atoms with Crippen molar-refractivity contribution in [3.05, 3.63) is 95.6 Å². The first-order valence-electron chi connectivity index (χ1n) is 10.4. The number of benzene rings is 3. The zero-order valence-corrected chi connectivity index (χ0v) is 19.3. The molecule has 8 heteroatoms. The van der Waals surface area contributed by atoms with Crippen LogP contribution in [0.2, 0.25) is 0 Å². The number of amides is 1. The van der Waals surface area contributed by atoms with E-state index in [4.69, 9.17) is 4.74 Å². The summed E-state index contributed by atoms with van der Waals surface area (Å²) in [4.78, 5) is 23.7. The van der Waals surface area contributed by atoms with Gasteiger partial charge in [-0.05, 0) is 48.9 Å². The number of aryl methyl sites for hydroxylation is 1. The summed E-state index contributed by atoms with van der Waals surface area (Å²) in [5.74, 6) is -0.733. The first-order chi connectivity index (χ1) is 15.7. The van der Waals surface area contributed by atoms with Gasteiger partial charge in [-0.25, -0.2) is 17.9 Å². The van der Waals surface area contributed by atoms with Crippen molar-refractivity contribution in [1.29, 1.82) is 0 Å². The van der Waals surface area contributed by atoms with Crippen molar-refractivity contribution in [3.8, 4) is 0 Å². The molecule has 172 valence electrons. The number of carbonyl (C=O) groups is 2. The van der Waals surface area contributed by atoms with Gasteiger partial charge < -0.3 is 10.1 Å². The normalized spacial score (nSPS) is 12.1. The van der Waals surface area contributed by atoms with Gasteiger partial charge in [0.15, 0.2) is 0 Å². The van der Waals surface area contributed by atoms with Crippen LogP contribution in [0.1, 0.15) is 40.9 Å². The van der Waals surface area contributed by atoms with E-state index in [1.165, 1.54) is 6.92 Å². The molecule has 0 saturated heterocycles. The Morgan fingerprint density at radius 3 is 2.15 bits per heavy atom. The van der Waals surface area contributed by atoms with Crippen molar-refractivity contribution in [2.24, 2.45) is 0 Å². The lowest BCUT2D eigenvalue weighted by Gasteiger charge is -2.19. The largest absolute Gasteiger partial charge is 0.462 e. The van der Waals surface area contributed by atoms with Crippen molar-refractivity contribution in [3.63, 3.8) is 0 Å². The zero-order valence-electron chi connectivity index (χ0n) is 18.4. The maximum absolute atomic E-state index is 12.9. The molecule has 1 amide bonds. The molecule has 0 bridgehead atoms. The average molecular weight is 467 g/mol. The SMILES string of the molecule is CC(=O)Nc1ccc(C(=O)OCC[C@@H](NS(=O)(=O)c2ccc(C)cc2)c2ccccc2)cc1. The molecule has 0 aliphatic rings. The second-order valence-corrected chi connectivity index (χ2v) is 9.29. The van der Waals surface area contributed by atoms with Gasteiger partial charge in [-0.1, -0.05) is 48.0 Å². The number of rotatable bonds is 9. The van der Waals surface area contributed by atoms with Crippen LogP contribution in [0.15, 0.2) is 83.8 Å². The van der Waals surface area contributed by atoms with E-state index >= 15 is 0 Å². The van der Waals surface area contributed by atoms with Crippen LogP contribution < -0.4 is 10.0 Å². The van der Waals surface area contributed by atoms with Crippen LogP contribution in [0.5, 0.6) is 0 Å². The Hall–Kier alpha value is -3.49. The van der Waals surface area contributed by atoms with Crippen LogP contribution in [0, 0.1) is 6.92 Å².